The lowest BCUT2D eigenvalue weighted by Crippen LogP contribution is -2.30. The zero-order valence-corrected chi connectivity index (χ0v) is 14.1. The van der Waals surface area contributed by atoms with Crippen LogP contribution < -0.4 is 5.32 Å². The van der Waals surface area contributed by atoms with Crippen LogP contribution in [0.5, 0.6) is 0 Å². The lowest BCUT2D eigenvalue weighted by molar-refractivity contribution is 0.0924. The SMILES string of the molecule is O=C(NCC1CCOC1)c1nocc1C(F)F.c1cc2cc(c1)COC2. The van der Waals surface area contributed by atoms with Crippen LogP contribution in [0.4, 0.5) is 8.78 Å². The monoisotopic (exact) mass is 366 g/mol. The maximum atomic E-state index is 12.5. The third kappa shape index (κ3) is 4.86. The quantitative estimate of drug-likeness (QED) is 0.900. The molecule has 26 heavy (non-hydrogen) atoms. The summed E-state index contributed by atoms with van der Waals surface area (Å²) >= 11 is 0. The van der Waals surface area contributed by atoms with E-state index in [0.29, 0.717) is 19.8 Å². The molecule has 0 radical (unpaired) electrons. The van der Waals surface area contributed by atoms with Crippen LogP contribution in [0.15, 0.2) is 35.1 Å². The van der Waals surface area contributed by atoms with Crippen molar-refractivity contribution in [3.05, 3.63) is 52.9 Å². The highest BCUT2D eigenvalue weighted by atomic mass is 19.3. The Morgan fingerprint density at radius 3 is 2.65 bits per heavy atom. The molecule has 0 saturated carbocycles. The predicted molar refractivity (Wildman–Crippen MR) is 87.7 cm³/mol. The van der Waals surface area contributed by atoms with Gasteiger partial charge in [-0.2, -0.15) is 0 Å². The van der Waals surface area contributed by atoms with E-state index in [-0.39, 0.29) is 11.6 Å². The lowest BCUT2D eigenvalue weighted by atomic mass is 10.1. The second-order valence-corrected chi connectivity index (χ2v) is 6.17. The Hall–Kier alpha value is -2.32. The normalized spacial score (nSPS) is 18.3. The summed E-state index contributed by atoms with van der Waals surface area (Å²) in [6.07, 6.45) is -1.11. The molecule has 4 rings (SSSR count). The first-order valence-corrected chi connectivity index (χ1v) is 8.37. The van der Waals surface area contributed by atoms with E-state index in [0.717, 1.165) is 25.9 Å². The van der Waals surface area contributed by atoms with Gasteiger partial charge in [-0.05, 0) is 17.5 Å². The van der Waals surface area contributed by atoms with Gasteiger partial charge in [-0.1, -0.05) is 29.4 Å². The number of nitrogens with one attached hydrogen (secondary N) is 1. The number of amides is 1. The molecule has 0 aliphatic carbocycles. The fourth-order valence-electron chi connectivity index (χ4n) is 2.73. The van der Waals surface area contributed by atoms with Crippen LogP contribution in [0.3, 0.4) is 0 Å². The Morgan fingerprint density at radius 1 is 1.27 bits per heavy atom. The summed E-state index contributed by atoms with van der Waals surface area (Å²) in [7, 11) is 0. The first kappa shape index (κ1) is 18.5. The van der Waals surface area contributed by atoms with E-state index in [4.69, 9.17) is 9.47 Å². The van der Waals surface area contributed by atoms with Crippen molar-refractivity contribution in [1.82, 2.24) is 10.5 Å². The van der Waals surface area contributed by atoms with Crippen molar-refractivity contribution in [3.63, 3.8) is 0 Å². The van der Waals surface area contributed by atoms with E-state index in [9.17, 15) is 13.6 Å². The van der Waals surface area contributed by atoms with Gasteiger partial charge in [0.2, 0.25) is 0 Å². The molecule has 1 N–H and O–H groups in total. The molecule has 1 atom stereocenters. The van der Waals surface area contributed by atoms with Gasteiger partial charge in [-0.25, -0.2) is 8.78 Å². The van der Waals surface area contributed by atoms with Crippen LogP contribution in [-0.4, -0.2) is 30.8 Å². The number of halogens is 2. The summed E-state index contributed by atoms with van der Waals surface area (Å²) < 4.78 is 39.7. The van der Waals surface area contributed by atoms with Crippen molar-refractivity contribution < 1.29 is 27.6 Å². The summed E-state index contributed by atoms with van der Waals surface area (Å²) in [5, 5.41) is 5.83. The molecule has 2 aliphatic rings. The number of ether oxygens (including phenoxy) is 2. The number of nitrogens with zero attached hydrogens (tertiary/aromatic N) is 1. The van der Waals surface area contributed by atoms with Crippen molar-refractivity contribution in [2.75, 3.05) is 19.8 Å². The molecule has 0 spiro atoms. The Bertz CT molecular complexity index is 710. The van der Waals surface area contributed by atoms with Crippen LogP contribution in [0.2, 0.25) is 0 Å². The molecule has 3 heterocycles. The van der Waals surface area contributed by atoms with E-state index in [1.807, 2.05) is 0 Å². The molecule has 1 fully saturated rings. The topological polar surface area (TPSA) is 73.6 Å². The minimum atomic E-state index is -2.77. The van der Waals surface area contributed by atoms with Crippen LogP contribution in [0.1, 0.15) is 40.0 Å². The van der Waals surface area contributed by atoms with Gasteiger partial charge in [0.05, 0.1) is 25.4 Å². The van der Waals surface area contributed by atoms with Crippen LogP contribution in [-0.2, 0) is 22.7 Å². The summed E-state index contributed by atoms with van der Waals surface area (Å²) in [5.41, 5.74) is 1.75. The van der Waals surface area contributed by atoms with Crippen molar-refractivity contribution in [3.8, 4) is 0 Å². The average molecular weight is 366 g/mol. The number of fused-ring (bicyclic) bond motifs is 2. The van der Waals surface area contributed by atoms with Gasteiger partial charge in [0.15, 0.2) is 5.69 Å². The maximum absolute atomic E-state index is 12.5. The van der Waals surface area contributed by atoms with Crippen LogP contribution in [0, 0.1) is 5.92 Å². The second-order valence-electron chi connectivity index (χ2n) is 6.17. The third-order valence-corrected chi connectivity index (χ3v) is 4.15. The molecule has 2 aromatic rings. The fourth-order valence-corrected chi connectivity index (χ4v) is 2.73. The molecule has 1 aromatic heterocycles. The second kappa shape index (κ2) is 8.86. The Labute approximate surface area is 149 Å². The number of hydrogen-bond donors (Lipinski definition) is 1. The number of carbonyl (C=O) groups is 1. The van der Waals surface area contributed by atoms with E-state index in [1.54, 1.807) is 0 Å². The molecule has 1 aromatic carbocycles. The highest BCUT2D eigenvalue weighted by Gasteiger charge is 2.24. The molecule has 8 heteroatoms. The molecule has 2 aliphatic heterocycles. The standard InChI is InChI=1S/C10H12F2N2O3.C8H8O/c11-9(12)7-5-17-14-8(7)10(15)13-3-6-1-2-16-4-6;1-2-7-4-8(3-1)6-9-5-7/h5-6,9H,1-4H2,(H,13,15);1-4H,5-6H2. The zero-order chi connectivity index (χ0) is 18.4. The van der Waals surface area contributed by atoms with Crippen molar-refractivity contribution in [2.45, 2.75) is 26.1 Å². The predicted octanol–water partition coefficient (Wildman–Crippen LogP) is 3.10. The minimum Gasteiger partial charge on any atom is -0.381 e. The van der Waals surface area contributed by atoms with Crippen LogP contribution in [0.25, 0.3) is 0 Å². The first-order valence-electron chi connectivity index (χ1n) is 8.37. The van der Waals surface area contributed by atoms with Gasteiger partial charge in [0.1, 0.15) is 6.26 Å². The van der Waals surface area contributed by atoms with Gasteiger partial charge >= 0.3 is 0 Å². The summed E-state index contributed by atoms with van der Waals surface area (Å²) in [6.45, 7) is 3.23. The highest BCUT2D eigenvalue weighted by Crippen LogP contribution is 2.22. The molecule has 1 saturated heterocycles. The maximum Gasteiger partial charge on any atom is 0.273 e. The molecular weight excluding hydrogens is 346 g/mol. The van der Waals surface area contributed by atoms with Gasteiger partial charge in [0, 0.05) is 19.1 Å². The molecule has 2 bridgehead atoms. The van der Waals surface area contributed by atoms with Gasteiger partial charge in [0.25, 0.3) is 12.3 Å². The molecular formula is C18H20F2N2O4. The van der Waals surface area contributed by atoms with Gasteiger partial charge < -0.3 is 19.3 Å². The molecule has 6 nitrogen and oxygen atoms in total. The molecule has 1 amide bonds. The van der Waals surface area contributed by atoms with Crippen molar-refractivity contribution >= 4 is 5.91 Å². The Morgan fingerprint density at radius 2 is 2.04 bits per heavy atom. The highest BCUT2D eigenvalue weighted by molar-refractivity contribution is 5.93. The molecule has 140 valence electrons. The van der Waals surface area contributed by atoms with Crippen molar-refractivity contribution in [1.29, 1.82) is 0 Å². The van der Waals surface area contributed by atoms with E-state index in [2.05, 4.69) is 39.3 Å². The number of hydrogen-bond acceptors (Lipinski definition) is 5. The number of aromatic nitrogens is 1. The van der Waals surface area contributed by atoms with E-state index >= 15 is 0 Å². The fraction of sp³-hybridized carbons (Fsp3) is 0.444. The van der Waals surface area contributed by atoms with Gasteiger partial charge in [-0.15, -0.1) is 0 Å². The average Bonchev–Trinajstić information content (AvgIpc) is 3.32. The first-order chi connectivity index (χ1) is 12.6. The summed E-state index contributed by atoms with van der Waals surface area (Å²) in [6, 6.07) is 8.43. The largest absolute Gasteiger partial charge is 0.381 e. The van der Waals surface area contributed by atoms with E-state index in [1.165, 1.54) is 11.1 Å². The number of carbonyl (C=O) groups excluding carboxylic acids is 1. The third-order valence-electron chi connectivity index (χ3n) is 4.15. The number of alkyl halides is 2. The van der Waals surface area contributed by atoms with Crippen molar-refractivity contribution in [2.24, 2.45) is 5.92 Å². The Kier molecular flexibility index (Phi) is 6.30. The summed E-state index contributed by atoms with van der Waals surface area (Å²) in [5.74, 6) is -0.401. The smallest absolute Gasteiger partial charge is 0.273 e. The Balaban J connectivity index is 0.000000181. The van der Waals surface area contributed by atoms with E-state index < -0.39 is 17.9 Å². The molecule has 1 unspecified atom stereocenters. The summed E-state index contributed by atoms with van der Waals surface area (Å²) in [4.78, 5) is 11.6. The van der Waals surface area contributed by atoms with Gasteiger partial charge in [-0.3, -0.25) is 4.79 Å². The number of benzene rings is 1. The lowest BCUT2D eigenvalue weighted by Gasteiger charge is -2.11. The van der Waals surface area contributed by atoms with Crippen LogP contribution >= 0.6 is 0 Å². The minimum absolute atomic E-state index is 0.237. The zero-order valence-electron chi connectivity index (χ0n) is 14.1. The number of rotatable bonds is 4.